The van der Waals surface area contributed by atoms with Crippen LogP contribution < -0.4 is 4.90 Å². The Morgan fingerprint density at radius 1 is 1.14 bits per heavy atom. The molecule has 0 aliphatic heterocycles. The largest absolute Gasteiger partial charge is 0.506 e. The van der Waals surface area contributed by atoms with Crippen molar-refractivity contribution >= 4 is 51.3 Å². The molecule has 0 amide bonds. The summed E-state index contributed by atoms with van der Waals surface area (Å²) in [4.78, 5) is 5.76. The quantitative estimate of drug-likeness (QED) is 0.419. The molecule has 0 aliphatic carbocycles. The zero-order valence-corrected chi connectivity index (χ0v) is 17.2. The van der Waals surface area contributed by atoms with Gasteiger partial charge in [-0.15, -0.1) is 25.5 Å². The molecule has 0 atom stereocenters. The lowest BCUT2D eigenvalue weighted by atomic mass is 10.2. The van der Waals surface area contributed by atoms with Crippen molar-refractivity contribution in [1.82, 2.24) is 20.3 Å². The minimum absolute atomic E-state index is 0.0354. The Labute approximate surface area is 168 Å². The second kappa shape index (κ2) is 8.84. The molecule has 11 nitrogen and oxygen atoms in total. The highest BCUT2D eigenvalue weighted by atomic mass is 32.2. The molecule has 1 N–H and O–H groups in total. The molecule has 3 rings (SSSR count). The van der Waals surface area contributed by atoms with Crippen LogP contribution in [0.25, 0.3) is 0 Å². The number of benzene rings is 1. The van der Waals surface area contributed by atoms with E-state index in [1.165, 1.54) is 17.4 Å². The summed E-state index contributed by atoms with van der Waals surface area (Å²) in [5, 5.41) is 38.5. The van der Waals surface area contributed by atoms with E-state index >= 15 is 0 Å². The molecule has 0 saturated heterocycles. The number of nitrogens with zero attached hydrogens (tertiary/aromatic N) is 9. The Bertz CT molecular complexity index is 1010. The number of azo groups is 2. The van der Waals surface area contributed by atoms with Gasteiger partial charge in [-0.2, -0.15) is 4.98 Å². The summed E-state index contributed by atoms with van der Waals surface area (Å²) < 4.78 is 5.74. The summed E-state index contributed by atoms with van der Waals surface area (Å²) in [6, 6.07) is 3.12. The average molecular weight is 419 g/mol. The fourth-order valence-corrected chi connectivity index (χ4v) is 3.58. The van der Waals surface area contributed by atoms with Gasteiger partial charge < -0.3 is 14.5 Å². The van der Waals surface area contributed by atoms with Crippen LogP contribution in [0.4, 0.5) is 28.2 Å². The monoisotopic (exact) mass is 419 g/mol. The van der Waals surface area contributed by atoms with Crippen molar-refractivity contribution in [2.24, 2.45) is 20.5 Å². The van der Waals surface area contributed by atoms with Crippen LogP contribution in [0.1, 0.15) is 12.7 Å². The van der Waals surface area contributed by atoms with Gasteiger partial charge in [-0.3, -0.25) is 0 Å². The number of thioether (sulfide) groups is 1. The summed E-state index contributed by atoms with van der Waals surface area (Å²) in [7, 11) is 3.64. The van der Waals surface area contributed by atoms with E-state index in [4.69, 9.17) is 4.52 Å². The zero-order chi connectivity index (χ0) is 20.1. The molecule has 3 aromatic rings. The van der Waals surface area contributed by atoms with Crippen molar-refractivity contribution in [1.29, 1.82) is 0 Å². The van der Waals surface area contributed by atoms with Crippen molar-refractivity contribution < 1.29 is 9.63 Å². The van der Waals surface area contributed by atoms with Gasteiger partial charge in [0.1, 0.15) is 17.1 Å². The molecule has 0 unspecified atom stereocenters. The van der Waals surface area contributed by atoms with Crippen LogP contribution in [0, 0.1) is 6.92 Å². The van der Waals surface area contributed by atoms with Crippen LogP contribution in [0.3, 0.4) is 0 Å². The van der Waals surface area contributed by atoms with Crippen LogP contribution in [0.2, 0.25) is 0 Å². The maximum Gasteiger partial charge on any atom is 0.366 e. The van der Waals surface area contributed by atoms with Gasteiger partial charge >= 0.3 is 6.01 Å². The van der Waals surface area contributed by atoms with E-state index in [2.05, 4.69) is 40.8 Å². The molecule has 0 aliphatic rings. The number of aryl methyl sites for hydroxylation is 1. The third-order valence-corrected chi connectivity index (χ3v) is 5.04. The smallest absolute Gasteiger partial charge is 0.366 e. The Hall–Kier alpha value is -2.93. The van der Waals surface area contributed by atoms with Gasteiger partial charge in [-0.05, 0) is 18.7 Å². The van der Waals surface area contributed by atoms with E-state index < -0.39 is 0 Å². The first-order valence-corrected chi connectivity index (χ1v) is 9.91. The van der Waals surface area contributed by atoms with E-state index in [0.717, 1.165) is 10.1 Å². The number of hydrogen-bond acceptors (Lipinski definition) is 13. The number of phenolic OH excluding ortho intramolecular Hbond substituents is 1. The number of phenols is 1. The normalized spacial score (nSPS) is 11.7. The number of aromatic nitrogens is 4. The fourth-order valence-electron chi connectivity index (χ4n) is 2.02. The summed E-state index contributed by atoms with van der Waals surface area (Å²) in [6.07, 6.45) is 0. The molecule has 0 saturated carbocycles. The molecule has 0 fully saturated rings. The molecular weight excluding hydrogens is 402 g/mol. The van der Waals surface area contributed by atoms with E-state index in [1.807, 2.05) is 21.0 Å². The van der Waals surface area contributed by atoms with Crippen LogP contribution in [-0.2, 0) is 0 Å². The molecule has 2 heterocycles. The molecule has 0 spiro atoms. The summed E-state index contributed by atoms with van der Waals surface area (Å²) in [5.41, 5.74) is 1.31. The third-order valence-electron chi connectivity index (χ3n) is 3.22. The van der Waals surface area contributed by atoms with Gasteiger partial charge in [-0.1, -0.05) is 40.3 Å². The topological polar surface area (TPSA) is 138 Å². The number of rotatable bonds is 7. The van der Waals surface area contributed by atoms with E-state index in [9.17, 15) is 5.11 Å². The lowest BCUT2D eigenvalue weighted by molar-refractivity contribution is 0.421. The molecule has 2 aromatic heterocycles. The van der Waals surface area contributed by atoms with Crippen molar-refractivity contribution in [2.45, 2.75) is 18.2 Å². The first-order chi connectivity index (χ1) is 13.5. The van der Waals surface area contributed by atoms with E-state index in [0.29, 0.717) is 22.3 Å². The van der Waals surface area contributed by atoms with Gasteiger partial charge in [0.2, 0.25) is 0 Å². The van der Waals surface area contributed by atoms with Crippen molar-refractivity contribution in [3.8, 4) is 5.75 Å². The second-order valence-corrected chi connectivity index (χ2v) is 8.00. The van der Waals surface area contributed by atoms with E-state index in [-0.39, 0.29) is 17.5 Å². The standard InChI is InChI=1S/C15H17N9O2S2/c1-5-27-15-22-21-14(28-15)20-18-10-6-9(11(24(3)4)7-12(10)25)17-19-13-16-8(2)23-26-13/h6-7,25H,5H2,1-4H3. The Balaban J connectivity index is 1.90. The van der Waals surface area contributed by atoms with Gasteiger partial charge in [0, 0.05) is 20.2 Å². The molecule has 146 valence electrons. The van der Waals surface area contributed by atoms with Crippen LogP contribution in [-0.4, -0.2) is 45.3 Å². The molecule has 0 radical (unpaired) electrons. The van der Waals surface area contributed by atoms with Gasteiger partial charge in [-0.25, -0.2) is 0 Å². The van der Waals surface area contributed by atoms with Crippen LogP contribution in [0.15, 0.2) is 41.5 Å². The molecule has 13 heteroatoms. The molecular formula is C15H17N9O2S2. The van der Waals surface area contributed by atoms with Crippen molar-refractivity contribution in [3.63, 3.8) is 0 Å². The minimum atomic E-state index is -0.0484. The van der Waals surface area contributed by atoms with Gasteiger partial charge in [0.25, 0.3) is 5.13 Å². The Morgan fingerprint density at radius 2 is 1.93 bits per heavy atom. The van der Waals surface area contributed by atoms with Crippen molar-refractivity contribution in [3.05, 3.63) is 18.0 Å². The maximum atomic E-state index is 10.3. The minimum Gasteiger partial charge on any atom is -0.506 e. The second-order valence-electron chi connectivity index (χ2n) is 5.53. The first kappa shape index (κ1) is 19.8. The number of anilines is 1. The number of hydrogen-bond donors (Lipinski definition) is 1. The predicted octanol–water partition coefficient (Wildman–Crippen LogP) is 4.94. The van der Waals surface area contributed by atoms with Gasteiger partial charge in [0.15, 0.2) is 10.2 Å². The Kier molecular flexibility index (Phi) is 6.26. The third kappa shape index (κ3) is 4.86. The van der Waals surface area contributed by atoms with Crippen molar-refractivity contribution in [2.75, 3.05) is 24.7 Å². The van der Waals surface area contributed by atoms with Gasteiger partial charge in [0.05, 0.1) is 5.69 Å². The lowest BCUT2D eigenvalue weighted by Crippen LogP contribution is -2.08. The summed E-state index contributed by atoms with van der Waals surface area (Å²) in [5.74, 6) is 1.30. The highest BCUT2D eigenvalue weighted by molar-refractivity contribution is 8.01. The molecule has 28 heavy (non-hydrogen) atoms. The fraction of sp³-hybridized carbons (Fsp3) is 0.333. The Morgan fingerprint density at radius 3 is 2.61 bits per heavy atom. The molecule has 0 bridgehead atoms. The van der Waals surface area contributed by atoms with E-state index in [1.54, 1.807) is 29.7 Å². The average Bonchev–Trinajstić information content (AvgIpc) is 3.28. The van der Waals surface area contributed by atoms with Crippen LogP contribution >= 0.6 is 23.1 Å². The number of aromatic hydroxyl groups is 1. The first-order valence-electron chi connectivity index (χ1n) is 8.10. The maximum absolute atomic E-state index is 10.3. The molecule has 1 aromatic carbocycles. The summed E-state index contributed by atoms with van der Waals surface area (Å²) in [6.45, 7) is 3.72. The van der Waals surface area contributed by atoms with Crippen LogP contribution in [0.5, 0.6) is 5.75 Å². The highest BCUT2D eigenvalue weighted by Gasteiger charge is 2.12. The lowest BCUT2D eigenvalue weighted by Gasteiger charge is -2.15. The zero-order valence-electron chi connectivity index (χ0n) is 15.6. The highest BCUT2D eigenvalue weighted by Crippen LogP contribution is 2.40. The SMILES string of the molecule is CCSc1nnc(N=Nc2cc(N=Nc3nc(C)no3)c(N(C)C)cc2O)s1. The predicted molar refractivity (Wildman–Crippen MR) is 106 cm³/mol. The summed E-state index contributed by atoms with van der Waals surface area (Å²) >= 11 is 2.90.